The number of fused-ring (bicyclic) bond motifs is 1. The van der Waals surface area contributed by atoms with Gasteiger partial charge in [0.1, 0.15) is 24.3 Å². The number of ether oxygens (including phenoxy) is 3. The van der Waals surface area contributed by atoms with Crippen LogP contribution in [0.25, 0.3) is 0 Å². The van der Waals surface area contributed by atoms with Crippen LogP contribution in [0.5, 0.6) is 0 Å². The van der Waals surface area contributed by atoms with E-state index in [9.17, 15) is 45.0 Å². The van der Waals surface area contributed by atoms with Gasteiger partial charge in [-0.15, -0.1) is 4.99 Å². The highest BCUT2D eigenvalue weighted by molar-refractivity contribution is 5.82. The summed E-state index contributed by atoms with van der Waals surface area (Å²) in [6.07, 6.45) is -2.78. The number of nitrogens with zero attached hydrogens (tertiary/aromatic N) is 1. The lowest BCUT2D eigenvalue weighted by Crippen LogP contribution is -2.79. The molecule has 3 aliphatic heterocycles. The molecule has 2 saturated heterocycles. The molecule has 49 heavy (non-hydrogen) atoms. The number of allylic oxidation sites excluding steroid dienone is 1. The number of nitrogens with one attached hydrogen (secondary N) is 1. The maximum Gasteiger partial charge on any atom is 0.335 e. The van der Waals surface area contributed by atoms with Crippen LogP contribution in [0, 0.1) is 36.1 Å². The highest BCUT2D eigenvalue weighted by Crippen LogP contribution is 2.47. The summed E-state index contributed by atoms with van der Waals surface area (Å²) in [5.41, 5.74) is 1.14. The number of aliphatic hydroxyl groups is 5. The molecule has 0 aromatic heterocycles. The number of primary amides is 1. The van der Waals surface area contributed by atoms with E-state index in [1.165, 1.54) is 0 Å². The van der Waals surface area contributed by atoms with Crippen LogP contribution in [0.15, 0.2) is 16.6 Å². The van der Waals surface area contributed by atoms with Crippen LogP contribution in [0.2, 0.25) is 0 Å². The number of hydrogen-bond acceptors (Lipinski definition) is 13. The van der Waals surface area contributed by atoms with Crippen molar-refractivity contribution in [2.24, 2.45) is 40.3 Å². The van der Waals surface area contributed by atoms with Crippen molar-refractivity contribution in [1.82, 2.24) is 5.32 Å². The van der Waals surface area contributed by atoms with E-state index in [-0.39, 0.29) is 36.4 Å². The first-order valence-electron chi connectivity index (χ1n) is 17.4. The number of rotatable bonds is 13. The number of amides is 1. The molecule has 2 aliphatic carbocycles. The minimum absolute atomic E-state index is 0.0450. The molecule has 2 saturated carbocycles. The Hall–Kier alpha value is -2.47. The summed E-state index contributed by atoms with van der Waals surface area (Å²) in [5, 5.41) is 68.8. The number of carbonyl (C=O) groups is 3. The maximum atomic E-state index is 12.6. The first-order valence-corrected chi connectivity index (χ1v) is 17.4. The summed E-state index contributed by atoms with van der Waals surface area (Å²) in [6.45, 7) is 5.56. The first-order chi connectivity index (χ1) is 23.2. The van der Waals surface area contributed by atoms with Gasteiger partial charge >= 0.3 is 5.97 Å². The van der Waals surface area contributed by atoms with Crippen molar-refractivity contribution >= 4 is 24.4 Å². The predicted molar refractivity (Wildman–Crippen MR) is 172 cm³/mol. The summed E-state index contributed by atoms with van der Waals surface area (Å²) < 4.78 is 18.0. The summed E-state index contributed by atoms with van der Waals surface area (Å²) >= 11 is 0. The zero-order valence-corrected chi connectivity index (χ0v) is 28.0. The lowest BCUT2D eigenvalue weighted by molar-refractivity contribution is -0.363. The molecular formula is C34H52N3O12+. The third-order valence-electron chi connectivity index (χ3n) is 11.6. The van der Waals surface area contributed by atoms with Crippen LogP contribution in [-0.2, 0) is 28.6 Å². The first kappa shape index (κ1) is 37.8. The van der Waals surface area contributed by atoms with Crippen LogP contribution in [0.4, 0.5) is 0 Å². The molecule has 9 N–H and O–H groups in total. The number of carboxylic acids is 1. The van der Waals surface area contributed by atoms with Gasteiger partial charge in [-0.1, -0.05) is 13.8 Å². The smallest absolute Gasteiger partial charge is 0.335 e. The van der Waals surface area contributed by atoms with Crippen LogP contribution in [-0.4, -0.2) is 128 Å². The number of carbonyl (C=O) groups excluding carboxylic acids is 2. The largest absolute Gasteiger partial charge is 0.479 e. The topological polar surface area (TPSA) is 251 Å². The summed E-state index contributed by atoms with van der Waals surface area (Å²) in [4.78, 5) is 41.2. The van der Waals surface area contributed by atoms with E-state index in [1.807, 2.05) is 19.9 Å². The van der Waals surface area contributed by atoms with Crippen molar-refractivity contribution in [2.45, 2.75) is 125 Å². The molecule has 15 nitrogen and oxygen atoms in total. The number of carboxylic acid groups (broad SMARTS) is 1. The minimum atomic E-state index is -3.00. The van der Waals surface area contributed by atoms with Gasteiger partial charge in [-0.2, -0.15) is 0 Å². The second-order valence-electron chi connectivity index (χ2n) is 14.9. The van der Waals surface area contributed by atoms with Crippen molar-refractivity contribution in [3.05, 3.63) is 18.2 Å². The number of aliphatic imine (C=N–C) groups is 1. The fourth-order valence-corrected chi connectivity index (χ4v) is 8.44. The van der Waals surface area contributed by atoms with E-state index in [0.29, 0.717) is 51.5 Å². The van der Waals surface area contributed by atoms with E-state index in [4.69, 9.17) is 19.9 Å². The molecule has 274 valence electrons. The van der Waals surface area contributed by atoms with Crippen molar-refractivity contribution in [3.8, 4) is 0 Å². The number of aldehydes is 1. The van der Waals surface area contributed by atoms with Gasteiger partial charge in [0.15, 0.2) is 36.1 Å². The zero-order chi connectivity index (χ0) is 35.7. The van der Waals surface area contributed by atoms with E-state index in [2.05, 4.69) is 10.3 Å². The molecule has 15 heteroatoms. The molecule has 5 rings (SSSR count). The monoisotopic (exact) mass is 694 g/mol. The lowest BCUT2D eigenvalue weighted by atomic mass is 9.66. The maximum absolute atomic E-state index is 12.6. The number of nitrogens with two attached hydrogens (primary N) is 1. The standard InChI is InChI=1S/C34H51N3O12/c1-17(2)20(11-18-9-10-36-13-18)14-37-15-33(45)32(49-28(31(43)44)29(41)34(33,46)16-38)47-22-7-8-23-24(12-22)48-27(30(35)42)25(26(23)40)19-3-5-21(39)6-4-19/h9-10,13,16-17,19-29,32,37,39-41,45-46H,3-8,11-12,14-15H2,1-2H3,(H2-,35,42,43,44)/p+1. The quantitative estimate of drug-likeness (QED) is 0.0871. The van der Waals surface area contributed by atoms with Crippen molar-refractivity contribution in [1.29, 1.82) is 0 Å². The second-order valence-corrected chi connectivity index (χ2v) is 14.9. The van der Waals surface area contributed by atoms with E-state index in [1.54, 1.807) is 12.8 Å². The SMILES string of the molecule is CC(C)C(CNCC1(O)C(OC2CCC3C(C2)OC(C(N)=O)C(C2CCC(O)CC2)C3O)OC(C(=O)O)C(O)C1(O)C=O)CC1=C[CH+]N=C1. The zero-order valence-electron chi connectivity index (χ0n) is 28.0. The van der Waals surface area contributed by atoms with Gasteiger partial charge in [-0.3, -0.25) is 9.59 Å². The van der Waals surface area contributed by atoms with Gasteiger partial charge in [0.25, 0.3) is 0 Å². The van der Waals surface area contributed by atoms with E-state index >= 15 is 0 Å². The highest BCUT2D eigenvalue weighted by atomic mass is 16.7. The molecule has 4 fully saturated rings. The number of aliphatic hydroxyl groups excluding tert-OH is 3. The van der Waals surface area contributed by atoms with Crippen molar-refractivity contribution in [3.63, 3.8) is 0 Å². The molecule has 0 radical (unpaired) electrons. The summed E-state index contributed by atoms with van der Waals surface area (Å²) in [5.74, 6) is -3.11. The van der Waals surface area contributed by atoms with Gasteiger partial charge in [-0.05, 0) is 62.8 Å². The molecule has 1 amide bonds. The van der Waals surface area contributed by atoms with Gasteiger partial charge in [0, 0.05) is 31.2 Å². The molecular weight excluding hydrogens is 642 g/mol. The summed E-state index contributed by atoms with van der Waals surface area (Å²) in [6, 6.07) is 0. The van der Waals surface area contributed by atoms with E-state index in [0.717, 1.165) is 5.57 Å². The van der Waals surface area contributed by atoms with Crippen LogP contribution in [0.3, 0.4) is 0 Å². The van der Waals surface area contributed by atoms with Crippen LogP contribution in [0.1, 0.15) is 65.2 Å². The lowest BCUT2D eigenvalue weighted by Gasteiger charge is -2.54. The molecule has 0 aromatic rings. The Kier molecular flexibility index (Phi) is 11.9. The third kappa shape index (κ3) is 7.60. The van der Waals surface area contributed by atoms with Crippen molar-refractivity contribution in [2.75, 3.05) is 13.1 Å². The Labute approximate surface area is 285 Å². The van der Waals surface area contributed by atoms with E-state index < -0.39 is 84.6 Å². The Morgan fingerprint density at radius 3 is 2.43 bits per heavy atom. The molecule has 5 aliphatic rings. The average molecular weight is 695 g/mol. The van der Waals surface area contributed by atoms with Gasteiger partial charge < -0.3 is 55.9 Å². The number of aliphatic carboxylic acids is 1. The number of hydrogen-bond donors (Lipinski definition) is 8. The van der Waals surface area contributed by atoms with Gasteiger partial charge in [0.2, 0.25) is 5.91 Å². The summed E-state index contributed by atoms with van der Waals surface area (Å²) in [7, 11) is 0. The Bertz CT molecular complexity index is 1260. The molecule has 0 aromatic carbocycles. The highest BCUT2D eigenvalue weighted by Gasteiger charge is 2.67. The molecule has 12 unspecified atom stereocenters. The Morgan fingerprint density at radius 1 is 1.12 bits per heavy atom. The molecule has 0 bridgehead atoms. The molecule has 3 heterocycles. The van der Waals surface area contributed by atoms with Gasteiger partial charge in [0.05, 0.1) is 30.5 Å². The Balaban J connectivity index is 1.33. The van der Waals surface area contributed by atoms with Crippen LogP contribution < -0.4 is 11.1 Å². The fourth-order valence-electron chi connectivity index (χ4n) is 8.44. The predicted octanol–water partition coefficient (Wildman–Crippen LogP) is -0.791. The molecule has 12 atom stereocenters. The average Bonchev–Trinajstić information content (AvgIpc) is 3.58. The normalized spacial score (nSPS) is 42.9. The third-order valence-corrected chi connectivity index (χ3v) is 11.6. The Morgan fingerprint density at radius 2 is 1.84 bits per heavy atom. The van der Waals surface area contributed by atoms with Crippen LogP contribution >= 0.6 is 0 Å². The minimum Gasteiger partial charge on any atom is -0.479 e. The van der Waals surface area contributed by atoms with Gasteiger partial charge in [-0.25, -0.2) is 4.79 Å². The fraction of sp³-hybridized carbons (Fsp3) is 0.794. The van der Waals surface area contributed by atoms with Crippen molar-refractivity contribution < 1.29 is 59.2 Å². The molecule has 0 spiro atoms. The second kappa shape index (κ2) is 15.4.